The molecule has 0 spiro atoms. The number of rotatable bonds is 10. The van der Waals surface area contributed by atoms with Crippen molar-refractivity contribution in [3.8, 4) is 0 Å². The first-order valence-electron chi connectivity index (χ1n) is 8.51. The van der Waals surface area contributed by atoms with Crippen LogP contribution in [0.4, 0.5) is 0 Å². The zero-order valence-electron chi connectivity index (χ0n) is 15.9. The minimum atomic E-state index is -1.10. The molecular weight excluding hydrogens is 344 g/mol. The van der Waals surface area contributed by atoms with Crippen molar-refractivity contribution < 1.29 is 40.2 Å². The number of unbranched alkanes of at least 4 members (excludes halogenated alkanes) is 4. The predicted molar refractivity (Wildman–Crippen MR) is 100 cm³/mol. The highest BCUT2D eigenvalue weighted by Gasteiger charge is 1.94. The van der Waals surface area contributed by atoms with Crippen LogP contribution < -0.4 is 0 Å². The van der Waals surface area contributed by atoms with E-state index in [1.807, 2.05) is 0 Å². The van der Waals surface area contributed by atoms with Crippen LogP contribution in [0.25, 0.3) is 0 Å². The summed E-state index contributed by atoms with van der Waals surface area (Å²) in [5, 5.41) is 48.5. The molecule has 0 fully saturated rings. The molecule has 0 aliphatic rings. The van der Waals surface area contributed by atoms with Crippen molar-refractivity contribution in [2.75, 3.05) is 0 Å². The lowest BCUT2D eigenvalue weighted by Crippen LogP contribution is -2.02. The van der Waals surface area contributed by atoms with Gasteiger partial charge in [-0.1, -0.05) is 52.7 Å². The Morgan fingerprint density at radius 3 is 1.08 bits per heavy atom. The highest BCUT2D eigenvalue weighted by atomic mass is 16.5. The third-order valence-corrected chi connectivity index (χ3v) is 2.48. The Hall–Kier alpha value is -1.74. The van der Waals surface area contributed by atoms with Gasteiger partial charge in [0.15, 0.2) is 12.6 Å². The van der Waals surface area contributed by atoms with Gasteiger partial charge in [0.25, 0.3) is 0 Å². The molecule has 0 unspecified atom stereocenters. The van der Waals surface area contributed by atoms with Crippen LogP contribution in [0.15, 0.2) is 25.3 Å². The minimum Gasteiger partial charge on any atom is -0.478 e. The monoisotopic (exact) mass is 380 g/mol. The lowest BCUT2D eigenvalue weighted by Gasteiger charge is -1.99. The molecule has 0 aliphatic heterocycles. The van der Waals surface area contributed by atoms with E-state index >= 15 is 0 Å². The highest BCUT2D eigenvalue weighted by molar-refractivity contribution is 5.79. The molecule has 0 heterocycles. The molecule has 0 radical (unpaired) electrons. The van der Waals surface area contributed by atoms with Gasteiger partial charge in [-0.25, -0.2) is 9.59 Å². The average Bonchev–Trinajstić information content (AvgIpc) is 2.56. The third-order valence-electron chi connectivity index (χ3n) is 2.48. The van der Waals surface area contributed by atoms with E-state index in [1.165, 1.54) is 0 Å². The second kappa shape index (κ2) is 28.1. The van der Waals surface area contributed by atoms with Crippen molar-refractivity contribution in [2.24, 2.45) is 0 Å². The van der Waals surface area contributed by atoms with Crippen LogP contribution in [-0.2, 0) is 9.59 Å². The molecule has 156 valence electrons. The van der Waals surface area contributed by atoms with E-state index in [9.17, 15) is 9.59 Å². The molecule has 0 aliphatic carbocycles. The van der Waals surface area contributed by atoms with E-state index in [2.05, 4.69) is 27.0 Å². The molecule has 8 heteroatoms. The smallest absolute Gasteiger partial charge is 0.327 e. The van der Waals surface area contributed by atoms with E-state index < -0.39 is 24.5 Å². The van der Waals surface area contributed by atoms with Crippen LogP contribution in [0, 0.1) is 0 Å². The summed E-state index contributed by atoms with van der Waals surface area (Å²) in [6, 6.07) is 0. The summed E-state index contributed by atoms with van der Waals surface area (Å²) < 4.78 is 0. The van der Waals surface area contributed by atoms with E-state index in [0.717, 1.165) is 50.7 Å². The Kier molecular flexibility index (Phi) is 34.5. The molecular formula is C18H36O8. The maximum atomic E-state index is 9.25. The summed E-state index contributed by atoms with van der Waals surface area (Å²) in [5.74, 6) is -1.96. The van der Waals surface area contributed by atoms with Gasteiger partial charge in [-0.3, -0.25) is 0 Å². The predicted octanol–water partition coefficient (Wildman–Crippen LogP) is 2.27. The molecule has 6 N–H and O–H groups in total. The van der Waals surface area contributed by atoms with Crippen LogP contribution in [-0.4, -0.2) is 55.2 Å². The molecule has 0 saturated carbocycles. The molecule has 0 aromatic rings. The van der Waals surface area contributed by atoms with E-state index in [0.29, 0.717) is 12.8 Å². The fourth-order valence-electron chi connectivity index (χ4n) is 1.15. The molecule has 0 aromatic heterocycles. The van der Waals surface area contributed by atoms with E-state index in [4.69, 9.17) is 30.6 Å². The molecule has 8 nitrogen and oxygen atoms in total. The molecule has 0 rings (SSSR count). The summed E-state index contributed by atoms with van der Waals surface area (Å²) in [6.45, 7) is 10.1. The fourth-order valence-corrected chi connectivity index (χ4v) is 1.15. The standard InChI is InChI=1S/2C6H14O2.2C3H4O2/c2*1-2-3-4-5-6(7)8;2*1-2-3(4)5/h2*6-8H,2-5H2,1H3;2*2H,1H2,(H,4,5). The van der Waals surface area contributed by atoms with E-state index in [-0.39, 0.29) is 0 Å². The molecule has 0 saturated heterocycles. The van der Waals surface area contributed by atoms with Gasteiger partial charge in [0, 0.05) is 12.2 Å². The molecule has 26 heavy (non-hydrogen) atoms. The van der Waals surface area contributed by atoms with Crippen LogP contribution in [0.1, 0.15) is 65.2 Å². The van der Waals surface area contributed by atoms with Crippen LogP contribution >= 0.6 is 0 Å². The number of carboxylic acid groups (broad SMARTS) is 2. The second-order valence-electron chi connectivity index (χ2n) is 5.04. The van der Waals surface area contributed by atoms with Crippen LogP contribution in [0.3, 0.4) is 0 Å². The fraction of sp³-hybridized carbons (Fsp3) is 0.667. The second-order valence-corrected chi connectivity index (χ2v) is 5.04. The van der Waals surface area contributed by atoms with Crippen molar-refractivity contribution in [2.45, 2.75) is 77.8 Å². The highest BCUT2D eigenvalue weighted by Crippen LogP contribution is 2.00. The minimum absolute atomic E-state index is 0.522. The molecule has 0 atom stereocenters. The lowest BCUT2D eigenvalue weighted by molar-refractivity contribution is -0.132. The maximum Gasteiger partial charge on any atom is 0.327 e. The van der Waals surface area contributed by atoms with E-state index in [1.54, 1.807) is 0 Å². The average molecular weight is 380 g/mol. The van der Waals surface area contributed by atoms with Crippen molar-refractivity contribution in [3.05, 3.63) is 25.3 Å². The van der Waals surface area contributed by atoms with Gasteiger partial charge in [0.05, 0.1) is 0 Å². The topological polar surface area (TPSA) is 156 Å². The number of carbonyl (C=O) groups is 2. The SMILES string of the molecule is C=CC(=O)O.C=CC(=O)O.CCCCCC(O)O.CCCCCC(O)O. The maximum absolute atomic E-state index is 9.25. The first-order chi connectivity index (χ1) is 12.1. The number of aliphatic carboxylic acids is 2. The van der Waals surface area contributed by atoms with Gasteiger partial charge in [0.1, 0.15) is 0 Å². The van der Waals surface area contributed by atoms with Gasteiger partial charge in [0.2, 0.25) is 0 Å². The summed E-state index contributed by atoms with van der Waals surface area (Å²) >= 11 is 0. The zero-order valence-corrected chi connectivity index (χ0v) is 15.9. The normalized spacial score (nSPS) is 8.92. The molecule has 0 amide bonds. The van der Waals surface area contributed by atoms with Crippen molar-refractivity contribution in [1.29, 1.82) is 0 Å². The van der Waals surface area contributed by atoms with Crippen LogP contribution in [0.5, 0.6) is 0 Å². The van der Waals surface area contributed by atoms with Gasteiger partial charge in [-0.05, 0) is 25.7 Å². The quantitative estimate of drug-likeness (QED) is 0.191. The number of aliphatic hydroxyl groups is 4. The number of aliphatic hydroxyl groups excluding tert-OH is 2. The summed E-state index contributed by atoms with van der Waals surface area (Å²) in [5.41, 5.74) is 0. The Morgan fingerprint density at radius 1 is 0.731 bits per heavy atom. The Balaban J connectivity index is -0.000000127. The number of carboxylic acids is 2. The van der Waals surface area contributed by atoms with Gasteiger partial charge >= 0.3 is 11.9 Å². The van der Waals surface area contributed by atoms with Gasteiger partial charge in [-0.15, -0.1) is 0 Å². The Labute approximate surface area is 156 Å². The van der Waals surface area contributed by atoms with Crippen molar-refractivity contribution in [3.63, 3.8) is 0 Å². The molecule has 0 bridgehead atoms. The summed E-state index contributed by atoms with van der Waals surface area (Å²) in [6.07, 6.45) is 6.82. The Morgan fingerprint density at radius 2 is 0.962 bits per heavy atom. The summed E-state index contributed by atoms with van der Waals surface area (Å²) in [7, 11) is 0. The summed E-state index contributed by atoms with van der Waals surface area (Å²) in [4.78, 5) is 18.5. The van der Waals surface area contributed by atoms with Crippen LogP contribution in [0.2, 0.25) is 0 Å². The number of hydrogen-bond acceptors (Lipinski definition) is 6. The Bertz CT molecular complexity index is 295. The largest absolute Gasteiger partial charge is 0.478 e. The third kappa shape index (κ3) is 66.9. The first kappa shape index (κ1) is 32.0. The van der Waals surface area contributed by atoms with Crippen molar-refractivity contribution >= 4 is 11.9 Å². The van der Waals surface area contributed by atoms with Gasteiger partial charge < -0.3 is 30.6 Å². The van der Waals surface area contributed by atoms with Crippen molar-refractivity contribution in [1.82, 2.24) is 0 Å². The first-order valence-corrected chi connectivity index (χ1v) is 8.51. The van der Waals surface area contributed by atoms with Gasteiger partial charge in [-0.2, -0.15) is 0 Å². The zero-order chi connectivity index (χ0) is 21.4. The lowest BCUT2D eigenvalue weighted by atomic mass is 10.2. The number of hydrogen-bond donors (Lipinski definition) is 6. The molecule has 0 aromatic carbocycles.